The molecule has 0 aromatic heterocycles. The maximum absolute atomic E-state index is 12.2. The van der Waals surface area contributed by atoms with Gasteiger partial charge in [-0.2, -0.15) is 0 Å². The Hall–Kier alpha value is -3.15. The Kier molecular flexibility index (Phi) is 6.28. The molecule has 2 aromatic carbocycles. The maximum atomic E-state index is 12.2. The highest BCUT2D eigenvalue weighted by atomic mass is 16.2. The zero-order valence-corrected chi connectivity index (χ0v) is 14.0. The summed E-state index contributed by atoms with van der Waals surface area (Å²) >= 11 is 0. The summed E-state index contributed by atoms with van der Waals surface area (Å²) in [6.45, 7) is 2.03. The van der Waals surface area contributed by atoms with Crippen LogP contribution in [0.4, 0.5) is 11.4 Å². The van der Waals surface area contributed by atoms with Crippen LogP contribution in [0, 0.1) is 0 Å². The summed E-state index contributed by atoms with van der Waals surface area (Å²) in [5.41, 5.74) is 7.23. The molecular weight excluding hydrogens is 318 g/mol. The molecule has 0 unspecified atom stereocenters. The minimum atomic E-state index is -0.519. The van der Waals surface area contributed by atoms with Crippen LogP contribution in [0.1, 0.15) is 46.9 Å². The third-order valence-electron chi connectivity index (χ3n) is 3.62. The monoisotopic (exact) mass is 339 g/mol. The van der Waals surface area contributed by atoms with Gasteiger partial charge in [-0.1, -0.05) is 13.3 Å². The first kappa shape index (κ1) is 18.2. The molecule has 0 fully saturated rings. The highest BCUT2D eigenvalue weighted by Crippen LogP contribution is 2.14. The Bertz CT molecular complexity index is 752. The largest absolute Gasteiger partial charge is 0.366 e. The summed E-state index contributed by atoms with van der Waals surface area (Å²) in [6, 6.07) is 13.0. The molecule has 6 nitrogen and oxygen atoms in total. The lowest BCUT2D eigenvalue weighted by atomic mass is 10.1. The lowest BCUT2D eigenvalue weighted by Gasteiger charge is -2.08. The van der Waals surface area contributed by atoms with Crippen molar-refractivity contribution in [2.75, 3.05) is 10.6 Å². The van der Waals surface area contributed by atoms with E-state index in [2.05, 4.69) is 10.6 Å². The van der Waals surface area contributed by atoms with Gasteiger partial charge in [-0.25, -0.2) is 0 Å². The van der Waals surface area contributed by atoms with Gasteiger partial charge in [0.15, 0.2) is 0 Å². The first-order valence-corrected chi connectivity index (χ1v) is 8.10. The van der Waals surface area contributed by atoms with Gasteiger partial charge in [0, 0.05) is 28.9 Å². The summed E-state index contributed by atoms with van der Waals surface area (Å²) in [4.78, 5) is 34.9. The van der Waals surface area contributed by atoms with Gasteiger partial charge in [-0.05, 0) is 55.0 Å². The number of carbonyl (C=O) groups is 3. The van der Waals surface area contributed by atoms with E-state index in [1.165, 1.54) is 0 Å². The van der Waals surface area contributed by atoms with Crippen molar-refractivity contribution in [1.29, 1.82) is 0 Å². The molecule has 0 aliphatic rings. The predicted molar refractivity (Wildman–Crippen MR) is 97.5 cm³/mol. The smallest absolute Gasteiger partial charge is 0.255 e. The van der Waals surface area contributed by atoms with Gasteiger partial charge in [-0.3, -0.25) is 14.4 Å². The fourth-order valence-corrected chi connectivity index (χ4v) is 2.19. The second-order valence-corrected chi connectivity index (χ2v) is 5.62. The van der Waals surface area contributed by atoms with Crippen LogP contribution in [0.3, 0.4) is 0 Å². The Labute approximate surface area is 146 Å². The van der Waals surface area contributed by atoms with E-state index in [9.17, 15) is 14.4 Å². The fourth-order valence-electron chi connectivity index (χ4n) is 2.19. The van der Waals surface area contributed by atoms with E-state index in [0.29, 0.717) is 28.9 Å². The summed E-state index contributed by atoms with van der Waals surface area (Å²) in [7, 11) is 0. The minimum absolute atomic E-state index is 0.0337. The first-order chi connectivity index (χ1) is 12.0. The van der Waals surface area contributed by atoms with Gasteiger partial charge in [0.25, 0.3) is 5.91 Å². The van der Waals surface area contributed by atoms with E-state index in [0.717, 1.165) is 12.8 Å². The molecule has 2 aromatic rings. The van der Waals surface area contributed by atoms with E-state index in [-0.39, 0.29) is 11.8 Å². The molecule has 4 N–H and O–H groups in total. The topological polar surface area (TPSA) is 101 Å². The fraction of sp³-hybridized carbons (Fsp3) is 0.211. The molecule has 0 spiro atoms. The van der Waals surface area contributed by atoms with Gasteiger partial charge < -0.3 is 16.4 Å². The number of hydrogen-bond donors (Lipinski definition) is 3. The van der Waals surface area contributed by atoms with Gasteiger partial charge in [-0.15, -0.1) is 0 Å². The Morgan fingerprint density at radius 3 is 1.88 bits per heavy atom. The molecule has 0 saturated carbocycles. The molecular formula is C19H21N3O3. The number of primary amides is 1. The van der Waals surface area contributed by atoms with Crippen molar-refractivity contribution in [3.8, 4) is 0 Å². The molecule has 25 heavy (non-hydrogen) atoms. The minimum Gasteiger partial charge on any atom is -0.366 e. The Balaban J connectivity index is 1.95. The second-order valence-electron chi connectivity index (χ2n) is 5.62. The Morgan fingerprint density at radius 1 is 0.840 bits per heavy atom. The van der Waals surface area contributed by atoms with Crippen molar-refractivity contribution >= 4 is 29.1 Å². The third-order valence-corrected chi connectivity index (χ3v) is 3.62. The summed E-state index contributed by atoms with van der Waals surface area (Å²) < 4.78 is 0. The van der Waals surface area contributed by atoms with E-state index in [4.69, 9.17) is 5.73 Å². The van der Waals surface area contributed by atoms with E-state index in [1.807, 2.05) is 6.92 Å². The van der Waals surface area contributed by atoms with E-state index < -0.39 is 5.91 Å². The summed E-state index contributed by atoms with van der Waals surface area (Å²) in [5.74, 6) is -0.835. The predicted octanol–water partition coefficient (Wildman–Crippen LogP) is 3.17. The number of nitrogens with two attached hydrogens (primary N) is 1. The number of hydrogen-bond acceptors (Lipinski definition) is 3. The molecule has 2 rings (SSSR count). The van der Waals surface area contributed by atoms with E-state index in [1.54, 1.807) is 48.5 Å². The van der Waals surface area contributed by atoms with Crippen molar-refractivity contribution in [3.63, 3.8) is 0 Å². The van der Waals surface area contributed by atoms with Crippen LogP contribution in [-0.2, 0) is 4.79 Å². The van der Waals surface area contributed by atoms with Crippen LogP contribution in [0.25, 0.3) is 0 Å². The van der Waals surface area contributed by atoms with Crippen LogP contribution in [0.5, 0.6) is 0 Å². The SMILES string of the molecule is CCCCC(=O)Nc1ccc(C(=O)Nc2ccc(C(N)=O)cc2)cc1. The number of rotatable bonds is 7. The third kappa shape index (κ3) is 5.46. The molecule has 6 heteroatoms. The second kappa shape index (κ2) is 8.63. The van der Waals surface area contributed by atoms with Gasteiger partial charge >= 0.3 is 0 Å². The average molecular weight is 339 g/mol. The zero-order valence-electron chi connectivity index (χ0n) is 14.0. The Morgan fingerprint density at radius 2 is 1.36 bits per heavy atom. The maximum Gasteiger partial charge on any atom is 0.255 e. The average Bonchev–Trinajstić information content (AvgIpc) is 2.61. The van der Waals surface area contributed by atoms with Crippen molar-refractivity contribution in [2.45, 2.75) is 26.2 Å². The molecule has 3 amide bonds. The van der Waals surface area contributed by atoms with E-state index >= 15 is 0 Å². The number of amides is 3. The molecule has 0 radical (unpaired) electrons. The van der Waals surface area contributed by atoms with Gasteiger partial charge in [0.2, 0.25) is 11.8 Å². The normalized spacial score (nSPS) is 10.1. The van der Waals surface area contributed by atoms with Crippen LogP contribution >= 0.6 is 0 Å². The number of carbonyl (C=O) groups excluding carboxylic acids is 3. The first-order valence-electron chi connectivity index (χ1n) is 8.10. The molecule has 0 heterocycles. The highest BCUT2D eigenvalue weighted by Gasteiger charge is 2.08. The van der Waals surface area contributed by atoms with Crippen LogP contribution in [0.2, 0.25) is 0 Å². The lowest BCUT2D eigenvalue weighted by Crippen LogP contribution is -2.14. The van der Waals surface area contributed by atoms with Crippen molar-refractivity contribution in [2.24, 2.45) is 5.73 Å². The zero-order chi connectivity index (χ0) is 18.2. The number of benzene rings is 2. The van der Waals surface area contributed by atoms with Gasteiger partial charge in [0.05, 0.1) is 0 Å². The summed E-state index contributed by atoms with van der Waals surface area (Å²) in [5, 5.41) is 5.53. The number of nitrogens with one attached hydrogen (secondary N) is 2. The molecule has 0 saturated heterocycles. The number of anilines is 2. The lowest BCUT2D eigenvalue weighted by molar-refractivity contribution is -0.116. The number of unbranched alkanes of at least 4 members (excludes halogenated alkanes) is 1. The standard InChI is InChI=1S/C19H21N3O3/c1-2-3-4-17(23)21-15-11-7-14(8-12-15)19(25)22-16-9-5-13(6-10-16)18(20)24/h5-12H,2-4H2,1H3,(H2,20,24)(H,21,23)(H,22,25). The molecule has 130 valence electrons. The molecule has 0 aliphatic heterocycles. The van der Waals surface area contributed by atoms with Crippen molar-refractivity contribution < 1.29 is 14.4 Å². The van der Waals surface area contributed by atoms with Crippen molar-refractivity contribution in [1.82, 2.24) is 0 Å². The van der Waals surface area contributed by atoms with Crippen LogP contribution in [-0.4, -0.2) is 17.7 Å². The van der Waals surface area contributed by atoms with Crippen LogP contribution in [0.15, 0.2) is 48.5 Å². The molecule has 0 aliphatic carbocycles. The molecule has 0 bridgehead atoms. The molecule has 0 atom stereocenters. The highest BCUT2D eigenvalue weighted by molar-refractivity contribution is 6.05. The quantitative estimate of drug-likeness (QED) is 0.722. The van der Waals surface area contributed by atoms with Crippen LogP contribution < -0.4 is 16.4 Å². The summed E-state index contributed by atoms with van der Waals surface area (Å²) in [6.07, 6.45) is 2.30. The van der Waals surface area contributed by atoms with Crippen molar-refractivity contribution in [3.05, 3.63) is 59.7 Å². The van der Waals surface area contributed by atoms with Gasteiger partial charge in [0.1, 0.15) is 0 Å².